The number of nitrogens with two attached hydrogens (primary N) is 1. The van der Waals surface area contributed by atoms with E-state index < -0.39 is 20.0 Å². The van der Waals surface area contributed by atoms with Crippen LogP contribution in [0, 0.1) is 0 Å². The summed E-state index contributed by atoms with van der Waals surface area (Å²) in [6.45, 7) is 0. The third-order valence-electron chi connectivity index (χ3n) is 5.13. The van der Waals surface area contributed by atoms with Crippen LogP contribution in [0.2, 0.25) is 0 Å². The Morgan fingerprint density at radius 3 is 1.85 bits per heavy atom. The second-order valence-corrected chi connectivity index (χ2v) is 10.1. The summed E-state index contributed by atoms with van der Waals surface area (Å²) in [6, 6.07) is 4.94. The minimum atomic E-state index is -3.86. The minimum Gasteiger partial charge on any atom is -0.225 e. The predicted molar refractivity (Wildman–Crippen MR) is 91.9 cm³/mol. The first-order valence-corrected chi connectivity index (χ1v) is 11.3. The number of piperidine rings is 1. The number of hydrogen-bond donors (Lipinski definition) is 1. The van der Waals surface area contributed by atoms with E-state index in [2.05, 4.69) is 10.2 Å². The summed E-state index contributed by atoms with van der Waals surface area (Å²) >= 11 is 0. The SMILES string of the molecule is NS(=O)(=O)c1ccc(S(=O)(=O)N2C3CCC2CC(n2nccn2)C3)cc1. The molecule has 1 aromatic heterocycles. The Hall–Kier alpha value is -1.82. The van der Waals surface area contributed by atoms with Crippen molar-refractivity contribution in [2.45, 2.75) is 53.6 Å². The topological polar surface area (TPSA) is 128 Å². The molecule has 3 heterocycles. The van der Waals surface area contributed by atoms with Crippen LogP contribution in [0.15, 0.2) is 46.5 Å². The Morgan fingerprint density at radius 2 is 1.35 bits per heavy atom. The number of sulfonamides is 2. The first kappa shape index (κ1) is 17.6. The summed E-state index contributed by atoms with van der Waals surface area (Å²) in [6.07, 6.45) is 6.18. The van der Waals surface area contributed by atoms with Crippen LogP contribution >= 0.6 is 0 Å². The van der Waals surface area contributed by atoms with Gasteiger partial charge in [0.2, 0.25) is 20.0 Å². The van der Waals surface area contributed by atoms with Crippen molar-refractivity contribution in [3.63, 3.8) is 0 Å². The van der Waals surface area contributed by atoms with E-state index in [0.29, 0.717) is 12.8 Å². The van der Waals surface area contributed by atoms with E-state index in [4.69, 9.17) is 5.14 Å². The van der Waals surface area contributed by atoms with Gasteiger partial charge in [-0.2, -0.15) is 19.3 Å². The van der Waals surface area contributed by atoms with Gasteiger partial charge in [-0.15, -0.1) is 0 Å². The Morgan fingerprint density at radius 1 is 0.846 bits per heavy atom. The molecule has 0 spiro atoms. The normalized spacial score (nSPS) is 26.9. The Balaban J connectivity index is 1.61. The lowest BCUT2D eigenvalue weighted by molar-refractivity contribution is 0.174. The first-order chi connectivity index (χ1) is 12.3. The van der Waals surface area contributed by atoms with Gasteiger partial charge in [-0.1, -0.05) is 0 Å². The molecule has 0 saturated carbocycles. The van der Waals surface area contributed by atoms with Crippen molar-refractivity contribution in [1.82, 2.24) is 19.3 Å². The third-order valence-corrected chi connectivity index (χ3v) is 8.08. The highest BCUT2D eigenvalue weighted by Crippen LogP contribution is 2.43. The Labute approximate surface area is 151 Å². The van der Waals surface area contributed by atoms with Crippen LogP contribution in [0.1, 0.15) is 31.7 Å². The van der Waals surface area contributed by atoms with Crippen LogP contribution < -0.4 is 5.14 Å². The molecule has 2 aliphatic heterocycles. The van der Waals surface area contributed by atoms with E-state index in [1.165, 1.54) is 24.3 Å². The number of rotatable bonds is 4. The van der Waals surface area contributed by atoms with Gasteiger partial charge in [-0.3, -0.25) is 0 Å². The maximum atomic E-state index is 13.1. The molecule has 2 fully saturated rings. The van der Waals surface area contributed by atoms with Crippen molar-refractivity contribution < 1.29 is 16.8 Å². The van der Waals surface area contributed by atoms with E-state index in [1.54, 1.807) is 21.5 Å². The average Bonchev–Trinajstić information content (AvgIpc) is 3.21. The highest BCUT2D eigenvalue weighted by molar-refractivity contribution is 7.89. The molecule has 2 aliphatic rings. The molecule has 4 rings (SSSR count). The number of primary sulfonamides is 1. The minimum absolute atomic E-state index is 0.0810. The monoisotopic (exact) mass is 397 g/mol. The molecular formula is C15H19N5O4S2. The van der Waals surface area contributed by atoms with Crippen LogP contribution in [-0.2, 0) is 20.0 Å². The number of fused-ring (bicyclic) bond motifs is 2. The van der Waals surface area contributed by atoms with Gasteiger partial charge in [0, 0.05) is 12.1 Å². The second kappa shape index (κ2) is 6.12. The predicted octanol–water partition coefficient (Wildman–Crippen LogP) is 0.482. The van der Waals surface area contributed by atoms with E-state index in [0.717, 1.165) is 12.8 Å². The van der Waals surface area contributed by atoms with Crippen molar-refractivity contribution in [1.29, 1.82) is 0 Å². The maximum absolute atomic E-state index is 13.1. The summed E-state index contributed by atoms with van der Waals surface area (Å²) in [7, 11) is -7.56. The lowest BCUT2D eigenvalue weighted by Crippen LogP contribution is -2.47. The van der Waals surface area contributed by atoms with Gasteiger partial charge in [0.25, 0.3) is 0 Å². The Bertz CT molecular complexity index is 989. The van der Waals surface area contributed by atoms with Gasteiger partial charge < -0.3 is 0 Å². The molecule has 2 aromatic rings. The molecule has 9 nitrogen and oxygen atoms in total. The molecule has 2 unspecified atom stereocenters. The molecule has 140 valence electrons. The molecular weight excluding hydrogens is 378 g/mol. The fourth-order valence-corrected chi connectivity index (χ4v) is 6.43. The molecule has 26 heavy (non-hydrogen) atoms. The van der Waals surface area contributed by atoms with Gasteiger partial charge in [0.05, 0.1) is 28.2 Å². The molecule has 1 aromatic carbocycles. The van der Waals surface area contributed by atoms with Crippen LogP contribution in [-0.4, -0.2) is 48.2 Å². The van der Waals surface area contributed by atoms with Gasteiger partial charge in [-0.25, -0.2) is 22.0 Å². The molecule has 11 heteroatoms. The van der Waals surface area contributed by atoms with Crippen LogP contribution in [0.4, 0.5) is 0 Å². The van der Waals surface area contributed by atoms with Crippen LogP contribution in [0.5, 0.6) is 0 Å². The van der Waals surface area contributed by atoms with Crippen molar-refractivity contribution >= 4 is 20.0 Å². The fraction of sp³-hybridized carbons (Fsp3) is 0.467. The summed E-state index contributed by atoms with van der Waals surface area (Å²) in [5.74, 6) is 0. The second-order valence-electron chi connectivity index (χ2n) is 6.71. The van der Waals surface area contributed by atoms with Crippen LogP contribution in [0.3, 0.4) is 0 Å². The van der Waals surface area contributed by atoms with E-state index in [9.17, 15) is 16.8 Å². The van der Waals surface area contributed by atoms with Gasteiger partial charge >= 0.3 is 0 Å². The van der Waals surface area contributed by atoms with Gasteiger partial charge in [-0.05, 0) is 49.9 Å². The largest absolute Gasteiger partial charge is 0.243 e. The average molecular weight is 397 g/mol. The summed E-state index contributed by atoms with van der Waals surface area (Å²) in [5.41, 5.74) is 0. The van der Waals surface area contributed by atoms with Gasteiger partial charge in [0.1, 0.15) is 0 Å². The van der Waals surface area contributed by atoms with Crippen molar-refractivity contribution in [2.24, 2.45) is 5.14 Å². The molecule has 2 atom stereocenters. The van der Waals surface area contributed by atoms with Crippen molar-refractivity contribution in [2.75, 3.05) is 0 Å². The Kier molecular flexibility index (Phi) is 4.14. The number of benzene rings is 1. The zero-order valence-electron chi connectivity index (χ0n) is 13.8. The fourth-order valence-electron chi connectivity index (χ4n) is 4.02. The third kappa shape index (κ3) is 2.94. The first-order valence-electron chi connectivity index (χ1n) is 8.29. The van der Waals surface area contributed by atoms with E-state index >= 15 is 0 Å². The summed E-state index contributed by atoms with van der Waals surface area (Å²) < 4.78 is 50.5. The standard InChI is InChI=1S/C15H19N5O4S2/c16-25(21,22)14-3-5-15(6-4-14)26(23,24)19-11-1-2-12(19)10-13(9-11)20-17-7-8-18-20/h3-8,11-13H,1-2,9-10H2,(H2,16,21,22). The highest BCUT2D eigenvalue weighted by atomic mass is 32.2. The molecule has 0 amide bonds. The van der Waals surface area contributed by atoms with E-state index in [1.807, 2.05) is 0 Å². The highest BCUT2D eigenvalue weighted by Gasteiger charge is 2.48. The smallest absolute Gasteiger partial charge is 0.225 e. The molecule has 2 saturated heterocycles. The number of hydrogen-bond acceptors (Lipinski definition) is 6. The van der Waals surface area contributed by atoms with Crippen molar-refractivity contribution in [3.8, 4) is 0 Å². The lowest BCUT2D eigenvalue weighted by Gasteiger charge is -2.37. The molecule has 2 N–H and O–H groups in total. The zero-order valence-corrected chi connectivity index (χ0v) is 15.5. The van der Waals surface area contributed by atoms with Crippen LogP contribution in [0.25, 0.3) is 0 Å². The van der Waals surface area contributed by atoms with Gasteiger partial charge in [0.15, 0.2) is 0 Å². The molecule has 0 aliphatic carbocycles. The quantitative estimate of drug-likeness (QED) is 0.799. The van der Waals surface area contributed by atoms with E-state index in [-0.39, 0.29) is 27.9 Å². The summed E-state index contributed by atoms with van der Waals surface area (Å²) in [4.78, 5) is 1.64. The number of aromatic nitrogens is 3. The zero-order chi connectivity index (χ0) is 18.5. The van der Waals surface area contributed by atoms with Crippen molar-refractivity contribution in [3.05, 3.63) is 36.7 Å². The molecule has 2 bridgehead atoms. The maximum Gasteiger partial charge on any atom is 0.243 e. The molecule has 0 radical (unpaired) electrons. The number of nitrogens with zero attached hydrogens (tertiary/aromatic N) is 4. The lowest BCUT2D eigenvalue weighted by atomic mass is 10.0. The summed E-state index contributed by atoms with van der Waals surface area (Å²) in [5, 5.41) is 13.4.